The topological polar surface area (TPSA) is 104 Å². The highest BCUT2D eigenvalue weighted by Gasteiger charge is 2.16. The van der Waals surface area contributed by atoms with Gasteiger partial charge in [0.05, 0.1) is 19.4 Å². The fourth-order valence-corrected chi connectivity index (χ4v) is 1.48. The Morgan fingerprint density at radius 3 is 2.58 bits per heavy atom. The van der Waals surface area contributed by atoms with Gasteiger partial charge in [-0.2, -0.15) is 5.10 Å². The van der Waals surface area contributed by atoms with E-state index in [0.29, 0.717) is 19.8 Å². The highest BCUT2D eigenvalue weighted by atomic mass is 16.7. The molecule has 0 saturated carbocycles. The maximum atomic E-state index is 5.53. The van der Waals surface area contributed by atoms with Crippen LogP contribution in [-0.2, 0) is 9.47 Å². The SMILES string of the molecule is NC(N)=NN=Cc1ccc(OCC2OCCO2)cc1. The molecule has 1 aromatic carbocycles. The predicted molar refractivity (Wildman–Crippen MR) is 71.0 cm³/mol. The van der Waals surface area contributed by atoms with Crippen LogP contribution in [0.25, 0.3) is 0 Å². The van der Waals surface area contributed by atoms with E-state index < -0.39 is 0 Å². The molecule has 1 aliphatic heterocycles. The summed E-state index contributed by atoms with van der Waals surface area (Å²) in [6.45, 7) is 1.61. The largest absolute Gasteiger partial charge is 0.488 e. The summed E-state index contributed by atoms with van der Waals surface area (Å²) in [7, 11) is 0. The van der Waals surface area contributed by atoms with Crippen molar-refractivity contribution in [3.63, 3.8) is 0 Å². The number of guanidine groups is 1. The summed E-state index contributed by atoms with van der Waals surface area (Å²) in [5.74, 6) is 0.658. The van der Waals surface area contributed by atoms with E-state index in [0.717, 1.165) is 11.3 Å². The second-order valence-corrected chi connectivity index (χ2v) is 3.82. The van der Waals surface area contributed by atoms with Crippen molar-refractivity contribution in [1.82, 2.24) is 0 Å². The summed E-state index contributed by atoms with van der Waals surface area (Å²) in [6.07, 6.45) is 1.27. The third-order valence-electron chi connectivity index (χ3n) is 2.34. The summed E-state index contributed by atoms with van der Waals surface area (Å²) in [6, 6.07) is 7.34. The molecule has 0 aromatic heterocycles. The van der Waals surface area contributed by atoms with Crippen LogP contribution in [0.2, 0.25) is 0 Å². The van der Waals surface area contributed by atoms with Crippen LogP contribution in [0.3, 0.4) is 0 Å². The van der Waals surface area contributed by atoms with Gasteiger partial charge in [-0.3, -0.25) is 0 Å². The molecule has 1 fully saturated rings. The van der Waals surface area contributed by atoms with Crippen molar-refractivity contribution in [2.75, 3.05) is 19.8 Å². The molecule has 7 heteroatoms. The Morgan fingerprint density at radius 1 is 1.26 bits per heavy atom. The highest BCUT2D eigenvalue weighted by molar-refractivity contribution is 5.81. The maximum Gasteiger partial charge on any atom is 0.211 e. The smallest absolute Gasteiger partial charge is 0.211 e. The van der Waals surface area contributed by atoms with Crippen LogP contribution in [0.15, 0.2) is 34.5 Å². The molecule has 0 unspecified atom stereocenters. The number of hydrogen-bond acceptors (Lipinski definition) is 5. The van der Waals surface area contributed by atoms with E-state index in [1.54, 1.807) is 6.21 Å². The van der Waals surface area contributed by atoms with Crippen molar-refractivity contribution in [2.45, 2.75) is 6.29 Å². The number of benzene rings is 1. The molecule has 0 atom stereocenters. The molecule has 102 valence electrons. The molecule has 1 aromatic rings. The van der Waals surface area contributed by atoms with Gasteiger partial charge in [-0.15, -0.1) is 5.10 Å². The molecule has 0 radical (unpaired) electrons. The van der Waals surface area contributed by atoms with Crippen molar-refractivity contribution in [1.29, 1.82) is 0 Å². The van der Waals surface area contributed by atoms with Gasteiger partial charge in [0.1, 0.15) is 12.4 Å². The molecular weight excluding hydrogens is 248 g/mol. The lowest BCUT2D eigenvalue weighted by Crippen LogP contribution is -2.21. The normalized spacial score (nSPS) is 15.8. The van der Waals surface area contributed by atoms with E-state index in [1.807, 2.05) is 24.3 Å². The van der Waals surface area contributed by atoms with Crippen LogP contribution in [0, 0.1) is 0 Å². The van der Waals surface area contributed by atoms with Crippen molar-refractivity contribution >= 4 is 12.2 Å². The Hall–Kier alpha value is -2.12. The summed E-state index contributed by atoms with van der Waals surface area (Å²) in [5.41, 5.74) is 11.2. The quantitative estimate of drug-likeness (QED) is 0.444. The van der Waals surface area contributed by atoms with Crippen molar-refractivity contribution in [3.05, 3.63) is 29.8 Å². The van der Waals surface area contributed by atoms with E-state index >= 15 is 0 Å². The minimum absolute atomic E-state index is 0.0761. The molecule has 1 saturated heterocycles. The van der Waals surface area contributed by atoms with Crippen LogP contribution in [0.5, 0.6) is 5.75 Å². The van der Waals surface area contributed by atoms with Crippen LogP contribution in [0.4, 0.5) is 0 Å². The Labute approximate surface area is 110 Å². The van der Waals surface area contributed by atoms with Crippen molar-refractivity contribution in [2.24, 2.45) is 21.7 Å². The average molecular weight is 264 g/mol. The number of ether oxygens (including phenoxy) is 3. The molecule has 0 spiro atoms. The predicted octanol–water partition coefficient (Wildman–Crippen LogP) is 0.0456. The van der Waals surface area contributed by atoms with E-state index in [-0.39, 0.29) is 12.2 Å². The lowest BCUT2D eigenvalue weighted by atomic mass is 10.2. The van der Waals surface area contributed by atoms with Gasteiger partial charge in [0, 0.05) is 0 Å². The Balaban J connectivity index is 1.83. The molecule has 0 aliphatic carbocycles. The molecule has 4 N–H and O–H groups in total. The second kappa shape index (κ2) is 6.72. The molecule has 1 aliphatic rings. The first-order valence-electron chi connectivity index (χ1n) is 5.82. The van der Waals surface area contributed by atoms with Crippen LogP contribution >= 0.6 is 0 Å². The average Bonchev–Trinajstić information content (AvgIpc) is 2.90. The Bertz CT molecular complexity index is 449. The van der Waals surface area contributed by atoms with Crippen LogP contribution in [-0.4, -0.2) is 38.3 Å². The first kappa shape index (κ1) is 13.3. The minimum Gasteiger partial charge on any atom is -0.488 e. The number of nitrogens with zero attached hydrogens (tertiary/aromatic N) is 2. The molecule has 1 heterocycles. The lowest BCUT2D eigenvalue weighted by Gasteiger charge is -2.10. The van der Waals surface area contributed by atoms with Gasteiger partial charge >= 0.3 is 0 Å². The molecule has 0 bridgehead atoms. The number of rotatable bonds is 5. The first-order chi connectivity index (χ1) is 9.24. The van der Waals surface area contributed by atoms with Gasteiger partial charge in [-0.05, 0) is 29.8 Å². The fraction of sp³-hybridized carbons (Fsp3) is 0.333. The van der Waals surface area contributed by atoms with E-state index in [1.165, 1.54) is 0 Å². The van der Waals surface area contributed by atoms with Gasteiger partial charge in [0.15, 0.2) is 6.29 Å². The molecule has 7 nitrogen and oxygen atoms in total. The maximum absolute atomic E-state index is 5.53. The zero-order valence-electron chi connectivity index (χ0n) is 10.4. The van der Waals surface area contributed by atoms with Gasteiger partial charge in [-0.1, -0.05) is 0 Å². The van der Waals surface area contributed by atoms with Gasteiger partial charge in [-0.25, -0.2) is 0 Å². The summed E-state index contributed by atoms with van der Waals surface area (Å²) in [5, 5.41) is 7.22. The number of nitrogens with two attached hydrogens (primary N) is 2. The third kappa shape index (κ3) is 4.57. The van der Waals surface area contributed by atoms with Gasteiger partial charge < -0.3 is 25.7 Å². The first-order valence-corrected chi connectivity index (χ1v) is 5.82. The minimum atomic E-state index is -0.275. The van der Waals surface area contributed by atoms with Crippen molar-refractivity contribution in [3.8, 4) is 5.75 Å². The van der Waals surface area contributed by atoms with Gasteiger partial charge in [0.2, 0.25) is 5.96 Å². The summed E-state index contributed by atoms with van der Waals surface area (Å²) < 4.78 is 16.1. The molecule has 0 amide bonds. The molecular formula is C12H16N4O3. The van der Waals surface area contributed by atoms with E-state index in [4.69, 9.17) is 25.7 Å². The standard InChI is InChI=1S/C12H16N4O3/c13-12(14)16-15-7-9-1-3-10(4-2-9)19-8-11-17-5-6-18-11/h1-4,7,11H,5-6,8H2,(H4,13,14,16). The van der Waals surface area contributed by atoms with E-state index in [9.17, 15) is 0 Å². The summed E-state index contributed by atoms with van der Waals surface area (Å²) in [4.78, 5) is 0. The van der Waals surface area contributed by atoms with Crippen LogP contribution in [0.1, 0.15) is 5.56 Å². The summed E-state index contributed by atoms with van der Waals surface area (Å²) >= 11 is 0. The van der Waals surface area contributed by atoms with Crippen LogP contribution < -0.4 is 16.2 Å². The monoisotopic (exact) mass is 264 g/mol. The zero-order chi connectivity index (χ0) is 13.5. The second-order valence-electron chi connectivity index (χ2n) is 3.82. The van der Waals surface area contributed by atoms with Gasteiger partial charge in [0.25, 0.3) is 0 Å². The Morgan fingerprint density at radius 2 is 1.95 bits per heavy atom. The number of hydrogen-bond donors (Lipinski definition) is 2. The Kier molecular flexibility index (Phi) is 4.71. The molecule has 2 rings (SSSR count). The van der Waals surface area contributed by atoms with Crippen molar-refractivity contribution < 1.29 is 14.2 Å². The fourth-order valence-electron chi connectivity index (χ4n) is 1.48. The lowest BCUT2D eigenvalue weighted by molar-refractivity contribution is -0.0684. The molecule has 19 heavy (non-hydrogen) atoms. The zero-order valence-corrected chi connectivity index (χ0v) is 10.4. The highest BCUT2D eigenvalue weighted by Crippen LogP contribution is 2.13. The van der Waals surface area contributed by atoms with E-state index in [2.05, 4.69) is 10.2 Å². The third-order valence-corrected chi connectivity index (χ3v) is 2.34.